The Morgan fingerprint density at radius 3 is 3.14 bits per heavy atom. The van der Waals surface area contributed by atoms with E-state index < -0.39 is 0 Å². The SMILES string of the molecule is CCC[C@@H]1CCCN(C(=O)c2cc(-c3cccs3)[nH]n2)CC1. The van der Waals surface area contributed by atoms with Gasteiger partial charge in [-0.1, -0.05) is 25.8 Å². The van der Waals surface area contributed by atoms with E-state index in [1.54, 1.807) is 11.3 Å². The van der Waals surface area contributed by atoms with Gasteiger partial charge in [0.2, 0.25) is 0 Å². The zero-order valence-corrected chi connectivity index (χ0v) is 13.9. The number of carbonyl (C=O) groups is 1. The van der Waals surface area contributed by atoms with Crippen LogP contribution in [0, 0.1) is 5.92 Å². The quantitative estimate of drug-likeness (QED) is 0.919. The summed E-state index contributed by atoms with van der Waals surface area (Å²) in [5.41, 5.74) is 1.47. The van der Waals surface area contributed by atoms with Crippen LogP contribution in [0.5, 0.6) is 0 Å². The van der Waals surface area contributed by atoms with Gasteiger partial charge in [0, 0.05) is 13.1 Å². The van der Waals surface area contributed by atoms with Gasteiger partial charge in [-0.2, -0.15) is 5.10 Å². The molecule has 3 rings (SSSR count). The number of nitrogens with zero attached hydrogens (tertiary/aromatic N) is 2. The summed E-state index contributed by atoms with van der Waals surface area (Å²) < 4.78 is 0. The minimum atomic E-state index is 0.0659. The van der Waals surface area contributed by atoms with Gasteiger partial charge in [0.25, 0.3) is 5.91 Å². The van der Waals surface area contributed by atoms with Crippen molar-refractivity contribution in [1.29, 1.82) is 0 Å². The predicted molar refractivity (Wildman–Crippen MR) is 90.1 cm³/mol. The molecule has 0 unspecified atom stereocenters. The van der Waals surface area contributed by atoms with E-state index >= 15 is 0 Å². The highest BCUT2D eigenvalue weighted by molar-refractivity contribution is 7.13. The molecular weight excluding hydrogens is 294 g/mol. The van der Waals surface area contributed by atoms with Crippen LogP contribution in [-0.2, 0) is 0 Å². The second-order valence-corrected chi connectivity index (χ2v) is 6.97. The fourth-order valence-corrected chi connectivity index (χ4v) is 3.91. The molecule has 1 aliphatic heterocycles. The van der Waals surface area contributed by atoms with Crippen LogP contribution in [0.2, 0.25) is 0 Å². The highest BCUT2D eigenvalue weighted by atomic mass is 32.1. The van der Waals surface area contributed by atoms with Crippen LogP contribution in [-0.4, -0.2) is 34.1 Å². The smallest absolute Gasteiger partial charge is 0.274 e. The molecule has 5 heteroatoms. The van der Waals surface area contributed by atoms with Crippen molar-refractivity contribution in [3.63, 3.8) is 0 Å². The average Bonchev–Trinajstić information content (AvgIpc) is 3.16. The standard InChI is InChI=1S/C17H23N3OS/c1-2-5-13-6-3-9-20(10-8-13)17(21)15-12-14(18-19-15)16-7-4-11-22-16/h4,7,11-13H,2-3,5-6,8-10H2,1H3,(H,18,19)/t13-/m1/s1. The second kappa shape index (κ2) is 7.09. The summed E-state index contributed by atoms with van der Waals surface area (Å²) in [6.45, 7) is 3.97. The van der Waals surface area contributed by atoms with E-state index in [9.17, 15) is 4.79 Å². The fourth-order valence-electron chi connectivity index (χ4n) is 3.22. The number of rotatable bonds is 4. The van der Waals surface area contributed by atoms with Gasteiger partial charge in [0.1, 0.15) is 0 Å². The van der Waals surface area contributed by atoms with Gasteiger partial charge in [-0.25, -0.2) is 0 Å². The minimum absolute atomic E-state index is 0.0659. The Kier molecular flexibility index (Phi) is 4.93. The lowest BCUT2D eigenvalue weighted by Crippen LogP contribution is -2.32. The van der Waals surface area contributed by atoms with Crippen LogP contribution in [0.3, 0.4) is 0 Å². The van der Waals surface area contributed by atoms with Gasteiger partial charge in [-0.15, -0.1) is 11.3 Å². The zero-order valence-electron chi connectivity index (χ0n) is 13.0. The third kappa shape index (κ3) is 3.40. The molecule has 0 bridgehead atoms. The van der Waals surface area contributed by atoms with Crippen LogP contribution in [0.1, 0.15) is 49.5 Å². The van der Waals surface area contributed by atoms with Crippen molar-refractivity contribution >= 4 is 17.2 Å². The maximum atomic E-state index is 12.6. The third-order valence-electron chi connectivity index (χ3n) is 4.42. The summed E-state index contributed by atoms with van der Waals surface area (Å²) in [5.74, 6) is 0.847. The molecule has 4 nitrogen and oxygen atoms in total. The minimum Gasteiger partial charge on any atom is -0.337 e. The van der Waals surface area contributed by atoms with E-state index in [1.165, 1.54) is 19.3 Å². The lowest BCUT2D eigenvalue weighted by molar-refractivity contribution is 0.0754. The number of H-pyrrole nitrogens is 1. The average molecular weight is 317 g/mol. The maximum absolute atomic E-state index is 12.6. The molecule has 1 amide bonds. The first kappa shape index (κ1) is 15.3. The summed E-state index contributed by atoms with van der Waals surface area (Å²) in [5, 5.41) is 9.24. The van der Waals surface area contributed by atoms with Gasteiger partial charge >= 0.3 is 0 Å². The van der Waals surface area contributed by atoms with Crippen LogP contribution in [0.25, 0.3) is 10.6 Å². The summed E-state index contributed by atoms with van der Waals surface area (Å²) in [4.78, 5) is 15.7. The van der Waals surface area contributed by atoms with Gasteiger partial charge in [0.15, 0.2) is 5.69 Å². The van der Waals surface area contributed by atoms with Crippen molar-refractivity contribution in [3.05, 3.63) is 29.3 Å². The lowest BCUT2D eigenvalue weighted by atomic mass is 9.96. The number of aromatic amines is 1. The molecule has 0 radical (unpaired) electrons. The fraction of sp³-hybridized carbons (Fsp3) is 0.529. The first-order chi connectivity index (χ1) is 10.8. The number of aromatic nitrogens is 2. The number of nitrogens with one attached hydrogen (secondary N) is 1. The normalized spacial score (nSPS) is 19.1. The lowest BCUT2D eigenvalue weighted by Gasteiger charge is -2.19. The largest absolute Gasteiger partial charge is 0.337 e. The molecule has 0 aliphatic carbocycles. The molecule has 0 aromatic carbocycles. The first-order valence-corrected chi connectivity index (χ1v) is 9.04. The summed E-state index contributed by atoms with van der Waals surface area (Å²) in [7, 11) is 0. The maximum Gasteiger partial charge on any atom is 0.274 e. The second-order valence-electron chi connectivity index (χ2n) is 6.02. The van der Waals surface area contributed by atoms with Gasteiger partial charge < -0.3 is 4.90 Å². The predicted octanol–water partition coefficient (Wildman–Crippen LogP) is 4.18. The topological polar surface area (TPSA) is 49.0 Å². The van der Waals surface area contributed by atoms with Crippen molar-refractivity contribution in [1.82, 2.24) is 15.1 Å². The molecule has 3 heterocycles. The third-order valence-corrected chi connectivity index (χ3v) is 5.32. The molecule has 1 N–H and O–H groups in total. The molecule has 118 valence electrons. The van der Waals surface area contributed by atoms with E-state index in [4.69, 9.17) is 0 Å². The van der Waals surface area contributed by atoms with E-state index in [2.05, 4.69) is 17.1 Å². The Morgan fingerprint density at radius 1 is 1.45 bits per heavy atom. The molecular formula is C17H23N3OS. The number of thiophene rings is 1. The molecule has 1 aliphatic rings. The first-order valence-electron chi connectivity index (χ1n) is 8.16. The number of amides is 1. The number of carbonyl (C=O) groups excluding carboxylic acids is 1. The van der Waals surface area contributed by atoms with Crippen LogP contribution in [0.4, 0.5) is 0 Å². The van der Waals surface area contributed by atoms with E-state index in [0.717, 1.165) is 42.4 Å². The Bertz CT molecular complexity index is 605. The van der Waals surface area contributed by atoms with Crippen molar-refractivity contribution in [3.8, 4) is 10.6 Å². The monoisotopic (exact) mass is 317 g/mol. The summed E-state index contributed by atoms with van der Waals surface area (Å²) >= 11 is 1.65. The van der Waals surface area contributed by atoms with Crippen molar-refractivity contribution < 1.29 is 4.79 Å². The highest BCUT2D eigenvalue weighted by Gasteiger charge is 2.23. The summed E-state index contributed by atoms with van der Waals surface area (Å²) in [6.07, 6.45) is 6.01. The zero-order chi connectivity index (χ0) is 15.4. The number of likely N-dealkylation sites (tertiary alicyclic amines) is 1. The molecule has 0 saturated carbocycles. The molecule has 1 atom stereocenters. The van der Waals surface area contributed by atoms with Crippen LogP contribution in [0.15, 0.2) is 23.6 Å². The van der Waals surface area contributed by atoms with Gasteiger partial charge in [0.05, 0.1) is 10.6 Å². The van der Waals surface area contributed by atoms with Crippen LogP contribution >= 0.6 is 11.3 Å². The Morgan fingerprint density at radius 2 is 2.36 bits per heavy atom. The van der Waals surface area contributed by atoms with E-state index in [-0.39, 0.29) is 5.91 Å². The van der Waals surface area contributed by atoms with Crippen molar-refractivity contribution in [2.45, 2.75) is 39.0 Å². The molecule has 22 heavy (non-hydrogen) atoms. The van der Waals surface area contributed by atoms with Gasteiger partial charge in [-0.05, 0) is 42.7 Å². The van der Waals surface area contributed by atoms with Crippen molar-refractivity contribution in [2.75, 3.05) is 13.1 Å². The molecule has 2 aromatic heterocycles. The van der Waals surface area contributed by atoms with E-state index in [1.807, 2.05) is 28.5 Å². The number of hydrogen-bond acceptors (Lipinski definition) is 3. The molecule has 1 saturated heterocycles. The number of hydrogen-bond donors (Lipinski definition) is 1. The molecule has 2 aromatic rings. The van der Waals surface area contributed by atoms with Gasteiger partial charge in [-0.3, -0.25) is 9.89 Å². The van der Waals surface area contributed by atoms with E-state index in [0.29, 0.717) is 5.69 Å². The molecule has 1 fully saturated rings. The Labute approximate surface area is 135 Å². The highest BCUT2D eigenvalue weighted by Crippen LogP contribution is 2.25. The Hall–Kier alpha value is -1.62. The summed E-state index contributed by atoms with van der Waals surface area (Å²) in [6, 6.07) is 5.92. The molecule has 0 spiro atoms. The van der Waals surface area contributed by atoms with Crippen molar-refractivity contribution in [2.24, 2.45) is 5.92 Å². The van der Waals surface area contributed by atoms with Crippen LogP contribution < -0.4 is 0 Å². The Balaban J connectivity index is 1.66.